The second-order valence-electron chi connectivity index (χ2n) is 11.3. The molecule has 1 atom stereocenters. The van der Waals surface area contributed by atoms with Crippen LogP contribution in [0.3, 0.4) is 0 Å². The van der Waals surface area contributed by atoms with Crippen LogP contribution in [-0.4, -0.2) is 39.1 Å². The van der Waals surface area contributed by atoms with Gasteiger partial charge >= 0.3 is 6.18 Å². The zero-order chi connectivity index (χ0) is 29.1. The topological polar surface area (TPSA) is 72.6 Å². The minimum Gasteiger partial charge on any atom is -0.374 e. The number of amides is 1. The molecular weight excluding hydrogens is 578 g/mol. The first-order chi connectivity index (χ1) is 19.4. The lowest BCUT2D eigenvalue weighted by Gasteiger charge is -2.29. The highest BCUT2D eigenvalue weighted by atomic mass is 35.5. The molecule has 12 heteroatoms. The molecule has 0 bridgehead atoms. The maximum absolute atomic E-state index is 14.4. The number of aromatic nitrogens is 3. The molecule has 0 saturated heterocycles. The van der Waals surface area contributed by atoms with Gasteiger partial charge in [-0.15, -0.1) is 5.10 Å². The van der Waals surface area contributed by atoms with E-state index in [0.29, 0.717) is 41.0 Å². The van der Waals surface area contributed by atoms with Crippen LogP contribution >= 0.6 is 23.2 Å². The van der Waals surface area contributed by atoms with Gasteiger partial charge in [-0.3, -0.25) is 9.69 Å². The summed E-state index contributed by atoms with van der Waals surface area (Å²) in [6.45, 7) is 4.95. The largest absolute Gasteiger partial charge is 0.435 e. The Morgan fingerprint density at radius 3 is 2.37 bits per heavy atom. The second-order valence-corrected chi connectivity index (χ2v) is 12.1. The summed E-state index contributed by atoms with van der Waals surface area (Å²) in [7, 11) is 0. The summed E-state index contributed by atoms with van der Waals surface area (Å²) in [4.78, 5) is 25.2. The monoisotopic (exact) mass is 605 g/mol. The van der Waals surface area contributed by atoms with E-state index in [1.165, 1.54) is 31.0 Å². The Bertz CT molecular complexity index is 1530. The number of halogens is 5. The van der Waals surface area contributed by atoms with Crippen molar-refractivity contribution >= 4 is 40.8 Å². The van der Waals surface area contributed by atoms with Crippen molar-refractivity contribution in [3.8, 4) is 0 Å². The smallest absolute Gasteiger partial charge is 0.374 e. The van der Waals surface area contributed by atoms with Crippen LogP contribution in [0.15, 0.2) is 41.6 Å². The van der Waals surface area contributed by atoms with Crippen LogP contribution in [0.1, 0.15) is 65.0 Å². The Morgan fingerprint density at radius 2 is 1.76 bits per heavy atom. The fourth-order valence-corrected chi connectivity index (χ4v) is 5.65. The van der Waals surface area contributed by atoms with E-state index in [1.54, 1.807) is 30.0 Å². The predicted molar refractivity (Wildman–Crippen MR) is 149 cm³/mol. The van der Waals surface area contributed by atoms with Gasteiger partial charge < -0.3 is 4.84 Å². The van der Waals surface area contributed by atoms with Crippen LogP contribution in [-0.2, 0) is 17.0 Å². The maximum Gasteiger partial charge on any atom is 0.435 e. The van der Waals surface area contributed by atoms with Crippen molar-refractivity contribution < 1.29 is 22.8 Å². The van der Waals surface area contributed by atoms with Crippen molar-refractivity contribution in [2.45, 2.75) is 64.3 Å². The number of aryl methyl sites for hydroxylation is 2. The molecule has 2 aromatic carbocycles. The van der Waals surface area contributed by atoms with Gasteiger partial charge in [-0.05, 0) is 92.8 Å². The number of nitrogens with zero attached hydrogens (tertiary/aromatic N) is 5. The molecule has 7 nitrogen and oxygen atoms in total. The van der Waals surface area contributed by atoms with Crippen molar-refractivity contribution in [2.75, 3.05) is 11.4 Å². The molecule has 216 valence electrons. The lowest BCUT2D eigenvalue weighted by Crippen LogP contribution is -2.42. The second kappa shape index (κ2) is 10.3. The molecule has 6 rings (SSSR count). The van der Waals surface area contributed by atoms with Crippen LogP contribution in [0.25, 0.3) is 0 Å². The highest BCUT2D eigenvalue weighted by Crippen LogP contribution is 2.49. The van der Waals surface area contributed by atoms with E-state index < -0.39 is 18.2 Å². The molecule has 1 unspecified atom stereocenters. The van der Waals surface area contributed by atoms with Crippen molar-refractivity contribution in [2.24, 2.45) is 17.0 Å². The molecule has 1 amide bonds. The Labute approximate surface area is 245 Å². The SMILES string of the molecule is Cc1cc(C2=NOC(c3cc(Cl)cc(Cl)c3)(C(F)(F)F)C2)ccc1C(=O)N(CC1CC1)c1nc(C)n(CC2CC2)n1. The molecule has 0 N–H and O–H groups in total. The zero-order valence-corrected chi connectivity index (χ0v) is 24.0. The third-order valence-electron chi connectivity index (χ3n) is 7.90. The van der Waals surface area contributed by atoms with Crippen molar-refractivity contribution in [1.82, 2.24) is 14.8 Å². The molecule has 41 heavy (non-hydrogen) atoms. The van der Waals surface area contributed by atoms with Crippen LogP contribution in [0.4, 0.5) is 19.1 Å². The maximum atomic E-state index is 14.4. The number of carbonyl (C=O) groups is 1. The van der Waals surface area contributed by atoms with Gasteiger partial charge in [-0.1, -0.05) is 34.4 Å². The summed E-state index contributed by atoms with van der Waals surface area (Å²) in [5.74, 6) is 1.91. The minimum absolute atomic E-state index is 0.0599. The van der Waals surface area contributed by atoms with Gasteiger partial charge in [-0.25, -0.2) is 4.68 Å². The number of alkyl halides is 3. The number of rotatable bonds is 8. The number of benzene rings is 2. The van der Waals surface area contributed by atoms with Gasteiger partial charge in [0.25, 0.3) is 17.5 Å². The Kier molecular flexibility index (Phi) is 7.05. The van der Waals surface area contributed by atoms with Gasteiger partial charge in [0, 0.05) is 40.7 Å². The molecule has 3 aliphatic rings. The Hall–Kier alpha value is -3.11. The van der Waals surface area contributed by atoms with Crippen LogP contribution in [0, 0.1) is 25.7 Å². The minimum atomic E-state index is -4.80. The van der Waals surface area contributed by atoms with E-state index in [9.17, 15) is 18.0 Å². The van der Waals surface area contributed by atoms with Crippen LogP contribution < -0.4 is 4.90 Å². The average Bonchev–Trinajstić information content (AvgIpc) is 3.81. The number of carbonyl (C=O) groups excluding carboxylic acids is 1. The summed E-state index contributed by atoms with van der Waals surface area (Å²) < 4.78 is 45.1. The first-order valence-electron chi connectivity index (χ1n) is 13.6. The standard InChI is InChI=1S/C29H28Cl2F3N5O2/c1-16-9-20(25-13-28(41-37-25,29(32,33)34)21-10-22(30)12-23(31)11-21)7-8-24(16)26(40)38(14-18-3-4-18)27-35-17(2)39(36-27)15-19-5-6-19/h7-12,18-19H,3-6,13-15H2,1-2H3. The third kappa shape index (κ3) is 5.56. The molecule has 0 spiro atoms. The third-order valence-corrected chi connectivity index (χ3v) is 8.34. The van der Waals surface area contributed by atoms with E-state index in [-0.39, 0.29) is 27.2 Å². The molecule has 1 aromatic heterocycles. The van der Waals surface area contributed by atoms with E-state index >= 15 is 0 Å². The summed E-state index contributed by atoms with van der Waals surface area (Å²) in [6.07, 6.45) is -0.926. The van der Waals surface area contributed by atoms with Gasteiger partial charge in [0.1, 0.15) is 5.82 Å². The summed E-state index contributed by atoms with van der Waals surface area (Å²) >= 11 is 12.0. The first kappa shape index (κ1) is 28.0. The molecule has 2 heterocycles. The Balaban J connectivity index is 1.27. The molecule has 1 aliphatic heterocycles. The fourth-order valence-electron chi connectivity index (χ4n) is 5.13. The molecule has 3 aromatic rings. The molecule has 2 aliphatic carbocycles. The van der Waals surface area contributed by atoms with Crippen LogP contribution in [0.2, 0.25) is 10.0 Å². The average molecular weight is 606 g/mol. The zero-order valence-electron chi connectivity index (χ0n) is 22.5. The highest BCUT2D eigenvalue weighted by Gasteiger charge is 2.62. The van der Waals surface area contributed by atoms with E-state index in [0.717, 1.165) is 25.2 Å². The first-order valence-corrected chi connectivity index (χ1v) is 14.3. The lowest BCUT2D eigenvalue weighted by atomic mass is 9.86. The highest BCUT2D eigenvalue weighted by molar-refractivity contribution is 6.34. The van der Waals surface area contributed by atoms with Crippen LogP contribution in [0.5, 0.6) is 0 Å². The predicted octanol–water partition coefficient (Wildman–Crippen LogP) is 7.25. The molecule has 0 radical (unpaired) electrons. The fraction of sp³-hybridized carbons (Fsp3) is 0.448. The van der Waals surface area contributed by atoms with E-state index in [4.69, 9.17) is 28.0 Å². The molecular formula is C29H28Cl2F3N5O2. The number of anilines is 1. The quantitative estimate of drug-likeness (QED) is 0.271. The van der Waals surface area contributed by atoms with Crippen molar-refractivity contribution in [3.05, 3.63) is 74.5 Å². The van der Waals surface area contributed by atoms with Crippen molar-refractivity contribution in [3.63, 3.8) is 0 Å². The normalized spacial score (nSPS) is 20.6. The summed E-state index contributed by atoms with van der Waals surface area (Å²) in [5, 5.41) is 8.62. The van der Waals surface area contributed by atoms with Gasteiger partial charge in [0.2, 0.25) is 0 Å². The summed E-state index contributed by atoms with van der Waals surface area (Å²) in [6, 6.07) is 8.60. The molecule has 2 fully saturated rings. The number of oxime groups is 1. The number of hydrogen-bond acceptors (Lipinski definition) is 5. The van der Waals surface area contributed by atoms with Gasteiger partial charge in [-0.2, -0.15) is 18.2 Å². The Morgan fingerprint density at radius 1 is 1.07 bits per heavy atom. The summed E-state index contributed by atoms with van der Waals surface area (Å²) in [5.41, 5.74) is -1.41. The molecule has 2 saturated carbocycles. The number of hydrogen-bond donors (Lipinski definition) is 0. The van der Waals surface area contributed by atoms with Gasteiger partial charge in [0.15, 0.2) is 0 Å². The van der Waals surface area contributed by atoms with Crippen molar-refractivity contribution in [1.29, 1.82) is 0 Å². The van der Waals surface area contributed by atoms with Gasteiger partial charge in [0.05, 0.1) is 5.71 Å². The lowest BCUT2D eigenvalue weighted by molar-refractivity contribution is -0.275. The van der Waals surface area contributed by atoms with E-state index in [1.807, 2.05) is 11.6 Å². The van der Waals surface area contributed by atoms with E-state index in [2.05, 4.69) is 15.2 Å².